The van der Waals surface area contributed by atoms with Crippen molar-refractivity contribution in [3.63, 3.8) is 0 Å². The fourth-order valence-corrected chi connectivity index (χ4v) is 2.07. The number of carbonyl (C=O) groups excluding carboxylic acids is 1. The van der Waals surface area contributed by atoms with Crippen LogP contribution in [0, 0.1) is 12.7 Å². The first-order valence-corrected chi connectivity index (χ1v) is 6.24. The van der Waals surface area contributed by atoms with Gasteiger partial charge in [0.05, 0.1) is 10.7 Å². The number of benzene rings is 2. The molecule has 1 N–H and O–H groups in total. The third-order valence-electron chi connectivity index (χ3n) is 2.79. The maximum atomic E-state index is 13.7. The van der Waals surface area contributed by atoms with Gasteiger partial charge in [0.2, 0.25) is 0 Å². The zero-order valence-electron chi connectivity index (χ0n) is 10.4. The third-order valence-corrected chi connectivity index (χ3v) is 3.10. The van der Waals surface area contributed by atoms with Crippen molar-refractivity contribution in [2.45, 2.75) is 13.3 Å². The standard InChI is InChI=1S/C15H13ClFNO/c1-10-5-6-14(11(9-10)7-8-19)18-15-12(16)3-2-4-13(15)17/h2-6,8-9,18H,7H2,1H3. The van der Waals surface area contributed by atoms with Gasteiger partial charge in [0, 0.05) is 12.1 Å². The van der Waals surface area contributed by atoms with E-state index in [1.807, 2.05) is 25.1 Å². The van der Waals surface area contributed by atoms with E-state index in [0.29, 0.717) is 10.7 Å². The van der Waals surface area contributed by atoms with Gasteiger partial charge in [0.1, 0.15) is 12.1 Å². The van der Waals surface area contributed by atoms with Gasteiger partial charge in [-0.25, -0.2) is 4.39 Å². The Morgan fingerprint density at radius 3 is 2.79 bits per heavy atom. The smallest absolute Gasteiger partial charge is 0.148 e. The van der Waals surface area contributed by atoms with Crippen LogP contribution in [0.2, 0.25) is 5.02 Å². The van der Waals surface area contributed by atoms with Crippen molar-refractivity contribution < 1.29 is 9.18 Å². The Kier molecular flexibility index (Phi) is 4.17. The summed E-state index contributed by atoms with van der Waals surface area (Å²) in [6, 6.07) is 10.1. The first-order valence-electron chi connectivity index (χ1n) is 5.86. The van der Waals surface area contributed by atoms with E-state index in [1.165, 1.54) is 6.07 Å². The number of para-hydroxylation sites is 1. The lowest BCUT2D eigenvalue weighted by Crippen LogP contribution is -2.00. The highest BCUT2D eigenvalue weighted by Crippen LogP contribution is 2.30. The van der Waals surface area contributed by atoms with Crippen LogP contribution in [0.1, 0.15) is 11.1 Å². The lowest BCUT2D eigenvalue weighted by atomic mass is 10.1. The van der Waals surface area contributed by atoms with Crippen LogP contribution in [-0.4, -0.2) is 6.29 Å². The van der Waals surface area contributed by atoms with Crippen LogP contribution in [0.25, 0.3) is 0 Å². The molecule has 4 heteroatoms. The van der Waals surface area contributed by atoms with Crippen LogP contribution in [0.3, 0.4) is 0 Å². The molecule has 0 amide bonds. The highest BCUT2D eigenvalue weighted by atomic mass is 35.5. The molecule has 2 aromatic carbocycles. The second-order valence-corrected chi connectivity index (χ2v) is 4.66. The molecule has 2 aromatic rings. The van der Waals surface area contributed by atoms with Crippen molar-refractivity contribution in [3.8, 4) is 0 Å². The molecule has 0 aliphatic rings. The van der Waals surface area contributed by atoms with Gasteiger partial charge in [-0.1, -0.05) is 35.4 Å². The molecule has 2 nitrogen and oxygen atoms in total. The molecule has 0 spiro atoms. The van der Waals surface area contributed by atoms with Gasteiger partial charge in [-0.2, -0.15) is 0 Å². The number of aldehydes is 1. The summed E-state index contributed by atoms with van der Waals surface area (Å²) in [4.78, 5) is 10.7. The summed E-state index contributed by atoms with van der Waals surface area (Å²) in [6.07, 6.45) is 1.10. The van der Waals surface area contributed by atoms with E-state index >= 15 is 0 Å². The van der Waals surface area contributed by atoms with Crippen molar-refractivity contribution in [1.82, 2.24) is 0 Å². The fraction of sp³-hybridized carbons (Fsp3) is 0.133. The maximum Gasteiger partial charge on any atom is 0.148 e. The minimum absolute atomic E-state index is 0.222. The summed E-state index contributed by atoms with van der Waals surface area (Å²) in [6.45, 7) is 1.94. The molecular weight excluding hydrogens is 265 g/mol. The Labute approximate surface area is 116 Å². The molecule has 0 saturated carbocycles. The molecule has 0 aromatic heterocycles. The predicted octanol–water partition coefficient (Wildman–Crippen LogP) is 4.27. The molecule has 0 radical (unpaired) electrons. The van der Waals surface area contributed by atoms with E-state index in [2.05, 4.69) is 5.32 Å². The van der Waals surface area contributed by atoms with Crippen molar-refractivity contribution in [3.05, 3.63) is 58.4 Å². The van der Waals surface area contributed by atoms with Gasteiger partial charge in [-0.15, -0.1) is 0 Å². The van der Waals surface area contributed by atoms with E-state index in [1.54, 1.807) is 12.1 Å². The molecule has 19 heavy (non-hydrogen) atoms. The molecule has 98 valence electrons. The van der Waals surface area contributed by atoms with Gasteiger partial charge in [0.25, 0.3) is 0 Å². The van der Waals surface area contributed by atoms with Crippen molar-refractivity contribution in [1.29, 1.82) is 0 Å². The number of anilines is 2. The number of hydrogen-bond acceptors (Lipinski definition) is 2. The predicted molar refractivity (Wildman–Crippen MR) is 75.6 cm³/mol. The summed E-state index contributed by atoms with van der Waals surface area (Å²) >= 11 is 5.97. The average molecular weight is 278 g/mol. The number of rotatable bonds is 4. The van der Waals surface area contributed by atoms with E-state index < -0.39 is 5.82 Å². The van der Waals surface area contributed by atoms with Crippen LogP contribution in [0.4, 0.5) is 15.8 Å². The van der Waals surface area contributed by atoms with E-state index in [4.69, 9.17) is 11.6 Å². The van der Waals surface area contributed by atoms with Gasteiger partial charge < -0.3 is 10.1 Å². The number of halogens is 2. The summed E-state index contributed by atoms with van der Waals surface area (Å²) in [5.74, 6) is -0.426. The van der Waals surface area contributed by atoms with Crippen molar-refractivity contribution in [2.24, 2.45) is 0 Å². The molecule has 0 unspecified atom stereocenters. The quantitative estimate of drug-likeness (QED) is 0.846. The third kappa shape index (κ3) is 3.12. The van der Waals surface area contributed by atoms with Crippen LogP contribution in [-0.2, 0) is 11.2 Å². The molecule has 0 fully saturated rings. The summed E-state index contributed by atoms with van der Waals surface area (Å²) < 4.78 is 13.7. The Morgan fingerprint density at radius 2 is 2.11 bits per heavy atom. The molecule has 2 rings (SSSR count). The first-order chi connectivity index (χ1) is 9.11. The number of aryl methyl sites for hydroxylation is 1. The Balaban J connectivity index is 2.40. The summed E-state index contributed by atoms with van der Waals surface area (Å²) in [5, 5.41) is 3.26. The summed E-state index contributed by atoms with van der Waals surface area (Å²) in [5.41, 5.74) is 2.77. The highest BCUT2D eigenvalue weighted by Gasteiger charge is 2.09. The number of hydrogen-bond donors (Lipinski definition) is 1. The van der Waals surface area contributed by atoms with Crippen LogP contribution >= 0.6 is 11.6 Å². The lowest BCUT2D eigenvalue weighted by molar-refractivity contribution is -0.107. The normalized spacial score (nSPS) is 10.3. The molecule has 0 bridgehead atoms. The monoisotopic (exact) mass is 277 g/mol. The molecule has 0 heterocycles. The lowest BCUT2D eigenvalue weighted by Gasteiger charge is -2.13. The highest BCUT2D eigenvalue weighted by molar-refractivity contribution is 6.33. The van der Waals surface area contributed by atoms with E-state index in [0.717, 1.165) is 17.4 Å². The maximum absolute atomic E-state index is 13.7. The fourth-order valence-electron chi connectivity index (χ4n) is 1.86. The Hall–Kier alpha value is -1.87. The van der Waals surface area contributed by atoms with Gasteiger partial charge >= 0.3 is 0 Å². The van der Waals surface area contributed by atoms with E-state index in [-0.39, 0.29) is 12.1 Å². The molecule has 0 atom stereocenters. The topological polar surface area (TPSA) is 29.1 Å². The average Bonchev–Trinajstić information content (AvgIpc) is 2.37. The van der Waals surface area contributed by atoms with E-state index in [9.17, 15) is 9.18 Å². The second-order valence-electron chi connectivity index (χ2n) is 4.25. The number of nitrogens with one attached hydrogen (secondary N) is 1. The molecule has 0 aliphatic heterocycles. The van der Waals surface area contributed by atoms with Gasteiger partial charge in [0.15, 0.2) is 0 Å². The van der Waals surface area contributed by atoms with Gasteiger partial charge in [-0.3, -0.25) is 0 Å². The zero-order valence-corrected chi connectivity index (χ0v) is 11.2. The first kappa shape index (κ1) is 13.6. The molecule has 0 aliphatic carbocycles. The minimum Gasteiger partial charge on any atom is -0.352 e. The summed E-state index contributed by atoms with van der Waals surface area (Å²) in [7, 11) is 0. The van der Waals surface area contributed by atoms with Crippen LogP contribution < -0.4 is 5.32 Å². The SMILES string of the molecule is Cc1ccc(Nc2c(F)cccc2Cl)c(CC=O)c1. The van der Waals surface area contributed by atoms with Crippen molar-refractivity contribution in [2.75, 3.05) is 5.32 Å². The number of carbonyl (C=O) groups is 1. The minimum atomic E-state index is -0.426. The van der Waals surface area contributed by atoms with Gasteiger partial charge in [-0.05, 0) is 30.7 Å². The zero-order chi connectivity index (χ0) is 13.8. The van der Waals surface area contributed by atoms with Crippen molar-refractivity contribution >= 4 is 29.3 Å². The Bertz CT molecular complexity index is 593. The largest absolute Gasteiger partial charge is 0.352 e. The Morgan fingerprint density at radius 1 is 1.32 bits per heavy atom. The second kappa shape index (κ2) is 5.85. The molecular formula is C15H13ClFNO. The molecule has 0 saturated heterocycles. The van der Waals surface area contributed by atoms with Crippen LogP contribution in [0.5, 0.6) is 0 Å². The van der Waals surface area contributed by atoms with Crippen LogP contribution in [0.15, 0.2) is 36.4 Å².